The summed E-state index contributed by atoms with van der Waals surface area (Å²) in [6.45, 7) is 9.44. The molecule has 12 heteroatoms. The minimum absolute atomic E-state index is 0.219. The second kappa shape index (κ2) is 9.99. The first-order chi connectivity index (χ1) is 18.4. The number of pyridine rings is 1. The predicted octanol–water partition coefficient (Wildman–Crippen LogP) is 4.02. The highest BCUT2D eigenvalue weighted by atomic mass is 32.2. The Morgan fingerprint density at radius 2 is 1.95 bits per heavy atom. The summed E-state index contributed by atoms with van der Waals surface area (Å²) in [5.41, 5.74) is 4.24. The summed E-state index contributed by atoms with van der Waals surface area (Å²) in [4.78, 5) is 30.7. The van der Waals surface area contributed by atoms with E-state index in [2.05, 4.69) is 20.2 Å². The van der Waals surface area contributed by atoms with Crippen molar-refractivity contribution >= 4 is 38.9 Å². The maximum Gasteiger partial charge on any atom is 0.415 e. The van der Waals surface area contributed by atoms with Crippen molar-refractivity contribution in [1.82, 2.24) is 15.0 Å². The zero-order valence-electron chi connectivity index (χ0n) is 22.7. The number of benzene rings is 1. The molecule has 0 saturated heterocycles. The van der Waals surface area contributed by atoms with E-state index in [4.69, 9.17) is 14.5 Å². The Balaban J connectivity index is 1.40. The first-order valence-electron chi connectivity index (χ1n) is 12.7. The molecule has 0 bridgehead atoms. The molecule has 5 rings (SSSR count). The average Bonchev–Trinajstić information content (AvgIpc) is 2.87. The van der Waals surface area contributed by atoms with Crippen molar-refractivity contribution in [2.24, 2.45) is 0 Å². The number of carbonyl (C=O) groups is 1. The SMILES string of the molecule is Cc1c(N2CCc3cnc(Nc4cccc(S(C)(=O)=O)c4)nc3C2)cnc2c1N(C(=O)OC(C)(C)C)CCO2. The minimum Gasteiger partial charge on any atom is -0.474 e. The zero-order valence-corrected chi connectivity index (χ0v) is 23.5. The predicted molar refractivity (Wildman–Crippen MR) is 148 cm³/mol. The van der Waals surface area contributed by atoms with E-state index in [1.807, 2.05) is 27.7 Å². The summed E-state index contributed by atoms with van der Waals surface area (Å²) < 4.78 is 35.3. The van der Waals surface area contributed by atoms with Crippen LogP contribution in [0.25, 0.3) is 0 Å². The van der Waals surface area contributed by atoms with Crippen molar-refractivity contribution < 1.29 is 22.7 Å². The van der Waals surface area contributed by atoms with Crippen molar-refractivity contribution in [3.63, 3.8) is 0 Å². The summed E-state index contributed by atoms with van der Waals surface area (Å²) in [6.07, 6.45) is 5.06. The maximum atomic E-state index is 13.0. The minimum atomic E-state index is -3.33. The quantitative estimate of drug-likeness (QED) is 0.507. The Labute approximate surface area is 228 Å². The number of carbonyl (C=O) groups excluding carboxylic acids is 1. The molecule has 2 aromatic heterocycles. The first kappa shape index (κ1) is 26.7. The van der Waals surface area contributed by atoms with Gasteiger partial charge in [0.2, 0.25) is 11.8 Å². The largest absolute Gasteiger partial charge is 0.474 e. The smallest absolute Gasteiger partial charge is 0.415 e. The lowest BCUT2D eigenvalue weighted by Gasteiger charge is -2.35. The van der Waals surface area contributed by atoms with Crippen molar-refractivity contribution in [2.75, 3.05) is 41.1 Å². The second-order valence-electron chi connectivity index (χ2n) is 10.7. The number of hydrogen-bond acceptors (Lipinski definition) is 10. The van der Waals surface area contributed by atoms with Crippen LogP contribution in [0.3, 0.4) is 0 Å². The van der Waals surface area contributed by atoms with Crippen LogP contribution in [-0.2, 0) is 27.5 Å². The molecule has 2 aliphatic heterocycles. The van der Waals surface area contributed by atoms with Gasteiger partial charge in [-0.2, -0.15) is 0 Å². The molecule has 4 heterocycles. The Morgan fingerprint density at radius 1 is 1.15 bits per heavy atom. The highest BCUT2D eigenvalue weighted by molar-refractivity contribution is 7.90. The highest BCUT2D eigenvalue weighted by Crippen LogP contribution is 2.39. The molecule has 0 unspecified atom stereocenters. The van der Waals surface area contributed by atoms with Gasteiger partial charge < -0.3 is 19.7 Å². The third kappa shape index (κ3) is 5.75. The van der Waals surface area contributed by atoms with E-state index in [0.29, 0.717) is 42.9 Å². The maximum absolute atomic E-state index is 13.0. The van der Waals surface area contributed by atoms with Gasteiger partial charge in [-0.05, 0) is 57.9 Å². The van der Waals surface area contributed by atoms with E-state index in [9.17, 15) is 13.2 Å². The number of aromatic nitrogens is 3. The lowest BCUT2D eigenvalue weighted by Crippen LogP contribution is -2.42. The summed E-state index contributed by atoms with van der Waals surface area (Å²) in [6, 6.07) is 6.56. The third-order valence-electron chi connectivity index (χ3n) is 6.49. The second-order valence-corrected chi connectivity index (χ2v) is 12.7. The van der Waals surface area contributed by atoms with E-state index in [1.165, 1.54) is 6.26 Å². The molecule has 0 atom stereocenters. The van der Waals surface area contributed by atoms with Crippen LogP contribution in [-0.4, -0.2) is 61.0 Å². The number of nitrogens with zero attached hydrogens (tertiary/aromatic N) is 5. The van der Waals surface area contributed by atoms with Crippen molar-refractivity contribution in [3.8, 4) is 5.88 Å². The molecule has 1 N–H and O–H groups in total. The number of fused-ring (bicyclic) bond motifs is 2. The van der Waals surface area contributed by atoms with Crippen LogP contribution >= 0.6 is 0 Å². The zero-order chi connectivity index (χ0) is 27.9. The van der Waals surface area contributed by atoms with Crippen LogP contribution in [0.4, 0.5) is 27.8 Å². The van der Waals surface area contributed by atoms with Crippen LogP contribution in [0.2, 0.25) is 0 Å². The van der Waals surface area contributed by atoms with Gasteiger partial charge in [0.15, 0.2) is 9.84 Å². The normalized spacial score (nSPS) is 15.2. The topological polar surface area (TPSA) is 127 Å². The van der Waals surface area contributed by atoms with Crippen LogP contribution in [0.5, 0.6) is 5.88 Å². The number of hydrogen-bond donors (Lipinski definition) is 1. The number of anilines is 4. The molecule has 0 fully saturated rings. The molecule has 1 amide bonds. The molecule has 206 valence electrons. The van der Waals surface area contributed by atoms with Crippen LogP contribution in [0.15, 0.2) is 41.6 Å². The Kier molecular flexibility index (Phi) is 6.83. The van der Waals surface area contributed by atoms with Gasteiger partial charge in [-0.1, -0.05) is 6.07 Å². The Morgan fingerprint density at radius 3 is 2.69 bits per heavy atom. The number of nitrogens with one attached hydrogen (secondary N) is 1. The number of rotatable bonds is 4. The van der Waals surface area contributed by atoms with E-state index < -0.39 is 21.5 Å². The van der Waals surface area contributed by atoms with E-state index >= 15 is 0 Å². The first-order valence-corrected chi connectivity index (χ1v) is 14.6. The van der Waals surface area contributed by atoms with Crippen molar-refractivity contribution in [3.05, 3.63) is 53.5 Å². The monoisotopic (exact) mass is 552 g/mol. The molecule has 0 saturated carbocycles. The molecule has 1 aromatic carbocycles. The molecule has 0 spiro atoms. The average molecular weight is 553 g/mol. The van der Waals surface area contributed by atoms with Gasteiger partial charge in [0.05, 0.1) is 35.6 Å². The van der Waals surface area contributed by atoms with Crippen LogP contribution < -0.4 is 19.9 Å². The fourth-order valence-corrected chi connectivity index (χ4v) is 5.32. The molecule has 0 aliphatic carbocycles. The van der Waals surface area contributed by atoms with E-state index in [-0.39, 0.29) is 4.90 Å². The lowest BCUT2D eigenvalue weighted by molar-refractivity contribution is 0.0566. The fraction of sp³-hybridized carbons (Fsp3) is 0.407. The third-order valence-corrected chi connectivity index (χ3v) is 7.60. The van der Waals surface area contributed by atoms with Gasteiger partial charge >= 0.3 is 6.09 Å². The molecule has 11 nitrogen and oxygen atoms in total. The summed E-state index contributed by atoms with van der Waals surface area (Å²) in [7, 11) is -3.33. The summed E-state index contributed by atoms with van der Waals surface area (Å²) >= 11 is 0. The van der Waals surface area contributed by atoms with Crippen molar-refractivity contribution in [2.45, 2.75) is 51.2 Å². The molecular weight excluding hydrogens is 520 g/mol. The van der Waals surface area contributed by atoms with Gasteiger partial charge in [-0.25, -0.2) is 28.2 Å². The molecular formula is C27H32N6O5S. The molecule has 2 aliphatic rings. The molecule has 3 aromatic rings. The number of sulfone groups is 1. The standard InChI is InChI=1S/C27H32N6O5S/c1-17-22(15-28-24-23(17)33(11-12-37-24)26(34)38-27(2,3)4)32-10-9-18-14-29-25(31-21(18)16-32)30-19-7-6-8-20(13-19)39(5,35)36/h6-8,13-15H,9-12,16H2,1-5H3,(H,29,30,31). The molecule has 0 radical (unpaired) electrons. The summed E-state index contributed by atoms with van der Waals surface area (Å²) in [5.74, 6) is 0.793. The van der Waals surface area contributed by atoms with Gasteiger partial charge in [-0.3, -0.25) is 4.90 Å². The van der Waals surface area contributed by atoms with Crippen molar-refractivity contribution in [1.29, 1.82) is 0 Å². The Bertz CT molecular complexity index is 1540. The van der Waals surface area contributed by atoms with E-state index in [0.717, 1.165) is 35.5 Å². The van der Waals surface area contributed by atoms with Gasteiger partial charge in [0, 0.05) is 30.2 Å². The summed E-state index contributed by atoms with van der Waals surface area (Å²) in [5, 5.41) is 3.12. The van der Waals surface area contributed by atoms with Gasteiger partial charge in [0.25, 0.3) is 0 Å². The fourth-order valence-electron chi connectivity index (χ4n) is 4.65. The van der Waals surface area contributed by atoms with E-state index in [1.54, 1.807) is 41.6 Å². The Hall–Kier alpha value is -3.93. The number of ether oxygens (including phenoxy) is 2. The van der Waals surface area contributed by atoms with Gasteiger partial charge in [-0.15, -0.1) is 0 Å². The van der Waals surface area contributed by atoms with Crippen LogP contribution in [0, 0.1) is 6.92 Å². The van der Waals surface area contributed by atoms with Gasteiger partial charge in [0.1, 0.15) is 17.9 Å². The lowest BCUT2D eigenvalue weighted by atomic mass is 10.0. The van der Waals surface area contributed by atoms with Crippen LogP contribution in [0.1, 0.15) is 37.6 Å². The number of amides is 1. The highest BCUT2D eigenvalue weighted by Gasteiger charge is 2.32. The molecule has 39 heavy (non-hydrogen) atoms.